The fourth-order valence-corrected chi connectivity index (χ4v) is 2.80. The predicted octanol–water partition coefficient (Wildman–Crippen LogP) is 4.81. The molecule has 0 saturated heterocycles. The number of alkyl halides is 3. The summed E-state index contributed by atoms with van der Waals surface area (Å²) in [6, 6.07) is 6.34. The van der Waals surface area contributed by atoms with E-state index >= 15 is 0 Å². The molecule has 2 aromatic heterocycles. The van der Waals surface area contributed by atoms with Crippen molar-refractivity contribution in [3.8, 4) is 0 Å². The molecule has 0 bridgehead atoms. The van der Waals surface area contributed by atoms with Gasteiger partial charge in [-0.1, -0.05) is 13.8 Å². The number of hydrogen-bond acceptors (Lipinski definition) is 5. The number of anilines is 1. The molecular weight excluding hydrogens is 409 g/mol. The number of nitrogens with one attached hydrogen (secondary N) is 2. The molecule has 31 heavy (non-hydrogen) atoms. The second kappa shape index (κ2) is 11.1. The summed E-state index contributed by atoms with van der Waals surface area (Å²) in [6.07, 6.45) is -4.09. The van der Waals surface area contributed by atoms with Gasteiger partial charge in [-0.2, -0.15) is 13.2 Å². The number of rotatable bonds is 10. The van der Waals surface area contributed by atoms with Crippen LogP contribution in [0.2, 0.25) is 0 Å². The van der Waals surface area contributed by atoms with Crippen LogP contribution in [0.15, 0.2) is 30.5 Å². The number of ether oxygens (including phenoxy) is 1. The minimum absolute atomic E-state index is 0.214. The van der Waals surface area contributed by atoms with Crippen LogP contribution in [0, 0.1) is 12.8 Å². The molecule has 1 unspecified atom stereocenters. The predicted molar refractivity (Wildman–Crippen MR) is 113 cm³/mol. The first-order valence-electron chi connectivity index (χ1n) is 10.2. The van der Waals surface area contributed by atoms with Gasteiger partial charge in [-0.3, -0.25) is 9.78 Å². The van der Waals surface area contributed by atoms with Gasteiger partial charge in [0.1, 0.15) is 12.5 Å². The van der Waals surface area contributed by atoms with Crippen LogP contribution in [0.1, 0.15) is 60.5 Å². The molecule has 1 amide bonds. The molecule has 0 aliphatic rings. The van der Waals surface area contributed by atoms with Gasteiger partial charge in [0.25, 0.3) is 5.91 Å². The zero-order valence-corrected chi connectivity index (χ0v) is 18.2. The molecule has 0 radical (unpaired) electrons. The smallest absolute Gasteiger partial charge is 0.361 e. The van der Waals surface area contributed by atoms with Crippen LogP contribution < -0.4 is 10.6 Å². The monoisotopic (exact) mass is 438 g/mol. The number of hydrogen-bond donors (Lipinski definition) is 2. The summed E-state index contributed by atoms with van der Waals surface area (Å²) in [4.78, 5) is 20.9. The lowest BCUT2D eigenvalue weighted by Gasteiger charge is -2.17. The number of halogens is 3. The van der Waals surface area contributed by atoms with E-state index in [1.807, 2.05) is 26.0 Å². The van der Waals surface area contributed by atoms with Crippen LogP contribution in [0.25, 0.3) is 0 Å². The molecule has 1 atom stereocenters. The Morgan fingerprint density at radius 2 is 1.94 bits per heavy atom. The highest BCUT2D eigenvalue weighted by molar-refractivity contribution is 5.94. The summed E-state index contributed by atoms with van der Waals surface area (Å²) in [5.41, 5.74) is 2.23. The van der Waals surface area contributed by atoms with E-state index in [0.29, 0.717) is 30.8 Å². The van der Waals surface area contributed by atoms with Crippen molar-refractivity contribution < 1.29 is 22.7 Å². The molecule has 0 fully saturated rings. The normalized spacial score (nSPS) is 12.6. The summed E-state index contributed by atoms with van der Waals surface area (Å²) in [5.74, 6) is 0.730. The summed E-state index contributed by atoms with van der Waals surface area (Å²) in [5, 5.41) is 5.99. The van der Waals surface area contributed by atoms with E-state index in [1.54, 1.807) is 0 Å². The minimum Gasteiger partial charge on any atom is -0.361 e. The van der Waals surface area contributed by atoms with Crippen molar-refractivity contribution in [2.45, 2.75) is 52.8 Å². The second-order valence-corrected chi connectivity index (χ2v) is 7.86. The van der Waals surface area contributed by atoms with Gasteiger partial charge in [-0.05, 0) is 56.0 Å². The van der Waals surface area contributed by atoms with Gasteiger partial charge in [-0.15, -0.1) is 0 Å². The first-order chi connectivity index (χ1) is 14.5. The molecule has 2 rings (SSSR count). The van der Waals surface area contributed by atoms with Crippen molar-refractivity contribution >= 4 is 11.7 Å². The quantitative estimate of drug-likeness (QED) is 0.411. The Bertz CT molecular complexity index is 855. The van der Waals surface area contributed by atoms with Gasteiger partial charge >= 0.3 is 6.18 Å². The number of aromatic nitrogens is 2. The Labute approximate surface area is 180 Å². The number of nitrogens with zero attached hydrogens (tertiary/aromatic N) is 2. The number of aryl methyl sites for hydroxylation is 2. The van der Waals surface area contributed by atoms with Gasteiger partial charge in [0.15, 0.2) is 0 Å². The molecule has 2 heterocycles. The zero-order chi connectivity index (χ0) is 23.0. The fraction of sp³-hybridized carbons (Fsp3) is 0.500. The molecule has 0 aliphatic carbocycles. The highest BCUT2D eigenvalue weighted by Gasteiger charge is 2.26. The van der Waals surface area contributed by atoms with Crippen LogP contribution >= 0.6 is 0 Å². The van der Waals surface area contributed by atoms with E-state index in [4.69, 9.17) is 4.74 Å². The lowest BCUT2D eigenvalue weighted by atomic mass is 10.1. The Morgan fingerprint density at radius 1 is 1.19 bits per heavy atom. The molecule has 0 aliphatic heterocycles. The third kappa shape index (κ3) is 8.92. The van der Waals surface area contributed by atoms with Crippen LogP contribution in [0.4, 0.5) is 19.0 Å². The Morgan fingerprint density at radius 3 is 2.55 bits per heavy atom. The lowest BCUT2D eigenvalue weighted by Crippen LogP contribution is -2.27. The van der Waals surface area contributed by atoms with Crippen LogP contribution in [-0.2, 0) is 11.2 Å². The van der Waals surface area contributed by atoms with Crippen molar-refractivity contribution in [3.05, 3.63) is 53.0 Å². The van der Waals surface area contributed by atoms with Gasteiger partial charge < -0.3 is 15.4 Å². The standard InChI is InChI=1S/C22H29F3N4O2/c1-14(2)12-31-13-27-20-10-18(9-15(3)28-20)16(4)29-21(30)17-5-6-19(26-11-17)7-8-22(23,24)25/h5-6,9-11,14,16H,7-8,12-13H2,1-4H3,(H,27,28)(H,29,30). The maximum Gasteiger partial charge on any atom is 0.389 e. The zero-order valence-electron chi connectivity index (χ0n) is 18.2. The SMILES string of the molecule is Cc1cc(C(C)NC(=O)c2ccc(CCC(F)(F)F)nc2)cc(NCOCC(C)C)n1. The average molecular weight is 438 g/mol. The molecule has 6 nitrogen and oxygen atoms in total. The minimum atomic E-state index is -4.23. The summed E-state index contributed by atoms with van der Waals surface area (Å²) in [7, 11) is 0. The third-order valence-electron chi connectivity index (χ3n) is 4.38. The number of pyridine rings is 2. The van der Waals surface area contributed by atoms with E-state index in [-0.39, 0.29) is 23.9 Å². The maximum atomic E-state index is 12.5. The Kier molecular flexibility index (Phi) is 8.79. The van der Waals surface area contributed by atoms with E-state index in [0.717, 1.165) is 11.3 Å². The molecule has 0 spiro atoms. The third-order valence-corrected chi connectivity index (χ3v) is 4.38. The van der Waals surface area contributed by atoms with Crippen molar-refractivity contribution in [1.29, 1.82) is 0 Å². The van der Waals surface area contributed by atoms with Crippen LogP contribution in [0.5, 0.6) is 0 Å². The first kappa shape index (κ1) is 24.6. The van der Waals surface area contributed by atoms with Gasteiger partial charge in [0.2, 0.25) is 0 Å². The molecule has 0 aromatic carbocycles. The molecule has 2 aromatic rings. The summed E-state index contributed by atoms with van der Waals surface area (Å²) in [6.45, 7) is 8.82. The highest BCUT2D eigenvalue weighted by Crippen LogP contribution is 2.22. The number of amides is 1. The Balaban J connectivity index is 1.96. The van der Waals surface area contributed by atoms with E-state index in [1.165, 1.54) is 18.3 Å². The summed E-state index contributed by atoms with van der Waals surface area (Å²) >= 11 is 0. The van der Waals surface area contributed by atoms with Gasteiger partial charge in [-0.25, -0.2) is 4.98 Å². The topological polar surface area (TPSA) is 76.1 Å². The Hall–Kier alpha value is -2.68. The average Bonchev–Trinajstić information content (AvgIpc) is 2.69. The van der Waals surface area contributed by atoms with Crippen molar-refractivity contribution in [1.82, 2.24) is 15.3 Å². The van der Waals surface area contributed by atoms with Gasteiger partial charge in [0, 0.05) is 24.0 Å². The highest BCUT2D eigenvalue weighted by atomic mass is 19.4. The van der Waals surface area contributed by atoms with Crippen LogP contribution in [0.3, 0.4) is 0 Å². The first-order valence-corrected chi connectivity index (χ1v) is 10.2. The molecule has 9 heteroatoms. The second-order valence-electron chi connectivity index (χ2n) is 7.86. The molecule has 2 N–H and O–H groups in total. The molecule has 170 valence electrons. The molecule has 0 saturated carbocycles. The summed E-state index contributed by atoms with van der Waals surface area (Å²) < 4.78 is 42.5. The lowest BCUT2D eigenvalue weighted by molar-refractivity contribution is -0.134. The van der Waals surface area contributed by atoms with E-state index in [9.17, 15) is 18.0 Å². The largest absolute Gasteiger partial charge is 0.389 e. The van der Waals surface area contributed by atoms with Crippen LogP contribution in [-0.4, -0.2) is 35.4 Å². The van der Waals surface area contributed by atoms with Gasteiger partial charge in [0.05, 0.1) is 18.2 Å². The number of carbonyl (C=O) groups is 1. The fourth-order valence-electron chi connectivity index (χ4n) is 2.80. The van der Waals surface area contributed by atoms with E-state index < -0.39 is 12.6 Å². The molecular formula is C22H29F3N4O2. The maximum absolute atomic E-state index is 12.5. The van der Waals surface area contributed by atoms with Crippen molar-refractivity contribution in [2.75, 3.05) is 18.7 Å². The number of carbonyl (C=O) groups excluding carboxylic acids is 1. The van der Waals surface area contributed by atoms with Crippen molar-refractivity contribution in [3.63, 3.8) is 0 Å². The van der Waals surface area contributed by atoms with Crippen molar-refractivity contribution in [2.24, 2.45) is 5.92 Å². The van der Waals surface area contributed by atoms with E-state index in [2.05, 4.69) is 34.4 Å².